The molecule has 0 radical (unpaired) electrons. The molecular weight excluding hydrogens is 216 g/mol. The molecule has 2 rings (SSSR count). The first-order valence-electron chi connectivity index (χ1n) is 8.87. The molecule has 0 aromatic heterocycles. The fraction of sp³-hybridized carbons (Fsp3) is 1.00. The molecule has 0 heterocycles. The van der Waals surface area contributed by atoms with Gasteiger partial charge in [-0.15, -0.1) is 0 Å². The van der Waals surface area contributed by atoms with Crippen molar-refractivity contribution in [1.29, 1.82) is 0 Å². The zero-order valence-electron chi connectivity index (χ0n) is 12.7. The number of rotatable bonds is 2. The summed E-state index contributed by atoms with van der Waals surface area (Å²) in [6.07, 6.45) is 22.8. The lowest BCUT2D eigenvalue weighted by molar-refractivity contribution is 0.0825. The van der Waals surface area contributed by atoms with Crippen LogP contribution in [0.15, 0.2) is 0 Å². The van der Waals surface area contributed by atoms with Crippen LogP contribution in [0, 0.1) is 11.3 Å². The maximum absolute atomic E-state index is 2.49. The van der Waals surface area contributed by atoms with E-state index in [1.807, 2.05) is 0 Å². The molecule has 0 aliphatic heterocycles. The van der Waals surface area contributed by atoms with Gasteiger partial charge in [0, 0.05) is 0 Å². The molecule has 2 saturated carbocycles. The second-order valence-electron chi connectivity index (χ2n) is 7.03. The molecule has 0 saturated heterocycles. The lowest BCUT2D eigenvalue weighted by Crippen LogP contribution is -2.31. The molecule has 2 aliphatic rings. The van der Waals surface area contributed by atoms with Crippen LogP contribution in [0.25, 0.3) is 0 Å². The van der Waals surface area contributed by atoms with Crippen LogP contribution in [0.2, 0.25) is 0 Å². The maximum Gasteiger partial charge on any atom is -0.0272 e. The van der Waals surface area contributed by atoms with E-state index in [4.69, 9.17) is 0 Å². The third kappa shape index (κ3) is 3.75. The van der Waals surface area contributed by atoms with Crippen molar-refractivity contribution in [3.8, 4) is 0 Å². The van der Waals surface area contributed by atoms with E-state index in [-0.39, 0.29) is 0 Å². The Balaban J connectivity index is 2.01. The van der Waals surface area contributed by atoms with Crippen molar-refractivity contribution in [2.75, 3.05) is 0 Å². The summed E-state index contributed by atoms with van der Waals surface area (Å²) >= 11 is 0. The Morgan fingerprint density at radius 3 is 1.61 bits per heavy atom. The predicted molar refractivity (Wildman–Crippen MR) is 80.9 cm³/mol. The average Bonchev–Trinajstić information content (AvgIpc) is 2.30. The van der Waals surface area contributed by atoms with Crippen molar-refractivity contribution in [3.05, 3.63) is 0 Å². The molecule has 0 bridgehead atoms. The van der Waals surface area contributed by atoms with Gasteiger partial charge in [0.15, 0.2) is 0 Å². The second-order valence-corrected chi connectivity index (χ2v) is 7.03. The van der Waals surface area contributed by atoms with E-state index in [9.17, 15) is 0 Å². The van der Waals surface area contributed by atoms with Crippen LogP contribution < -0.4 is 0 Å². The fourth-order valence-electron chi connectivity index (χ4n) is 4.73. The topological polar surface area (TPSA) is 0 Å². The molecule has 0 nitrogen and oxygen atoms in total. The van der Waals surface area contributed by atoms with Gasteiger partial charge in [-0.1, -0.05) is 77.6 Å². The Hall–Kier alpha value is 0. The van der Waals surface area contributed by atoms with Gasteiger partial charge in [-0.3, -0.25) is 0 Å². The van der Waals surface area contributed by atoms with Gasteiger partial charge in [0.25, 0.3) is 0 Å². The third-order valence-corrected chi connectivity index (χ3v) is 6.02. The Kier molecular flexibility index (Phi) is 6.05. The SMILES string of the molecule is CCC1(C2CCCCCCC2)CCCCCCC1. The van der Waals surface area contributed by atoms with Gasteiger partial charge in [-0.2, -0.15) is 0 Å². The summed E-state index contributed by atoms with van der Waals surface area (Å²) in [4.78, 5) is 0. The van der Waals surface area contributed by atoms with E-state index in [2.05, 4.69) is 6.92 Å². The summed E-state index contributed by atoms with van der Waals surface area (Å²) in [5, 5.41) is 0. The summed E-state index contributed by atoms with van der Waals surface area (Å²) in [6, 6.07) is 0. The smallest absolute Gasteiger partial charge is 0.0272 e. The molecule has 0 aromatic rings. The minimum absolute atomic E-state index is 0.748. The van der Waals surface area contributed by atoms with E-state index in [1.54, 1.807) is 25.7 Å². The van der Waals surface area contributed by atoms with Crippen LogP contribution >= 0.6 is 0 Å². The monoisotopic (exact) mass is 250 g/mol. The second kappa shape index (κ2) is 7.56. The lowest BCUT2D eigenvalue weighted by Gasteiger charge is -2.43. The molecular formula is C18H34. The van der Waals surface area contributed by atoms with E-state index in [1.165, 1.54) is 70.6 Å². The maximum atomic E-state index is 2.49. The van der Waals surface area contributed by atoms with Crippen molar-refractivity contribution >= 4 is 0 Å². The minimum Gasteiger partial charge on any atom is -0.0648 e. The summed E-state index contributed by atoms with van der Waals surface area (Å²) < 4.78 is 0. The molecule has 0 aromatic carbocycles. The van der Waals surface area contributed by atoms with Crippen LogP contribution in [0.5, 0.6) is 0 Å². The van der Waals surface area contributed by atoms with Gasteiger partial charge in [0.1, 0.15) is 0 Å². The quantitative estimate of drug-likeness (QED) is 0.525. The Bertz CT molecular complexity index is 202. The summed E-state index contributed by atoms with van der Waals surface area (Å²) in [6.45, 7) is 2.49. The predicted octanol–water partition coefficient (Wildman–Crippen LogP) is 6.49. The number of hydrogen-bond donors (Lipinski definition) is 0. The highest BCUT2D eigenvalue weighted by Crippen LogP contribution is 2.48. The zero-order chi connectivity index (χ0) is 12.7. The summed E-state index contributed by atoms with van der Waals surface area (Å²) in [5.41, 5.74) is 0.748. The Morgan fingerprint density at radius 2 is 1.11 bits per heavy atom. The molecule has 0 atom stereocenters. The van der Waals surface area contributed by atoms with E-state index in [0.717, 1.165) is 11.3 Å². The van der Waals surface area contributed by atoms with E-state index in [0.29, 0.717) is 0 Å². The first-order valence-corrected chi connectivity index (χ1v) is 8.87. The first kappa shape index (κ1) is 14.4. The highest BCUT2D eigenvalue weighted by molar-refractivity contribution is 4.87. The standard InChI is InChI=1S/C18H34/c1-2-18(15-11-7-4-8-12-16-18)17-13-9-5-3-6-10-14-17/h17H,2-16H2,1H3. The molecule has 0 spiro atoms. The van der Waals surface area contributed by atoms with E-state index < -0.39 is 0 Å². The van der Waals surface area contributed by atoms with E-state index >= 15 is 0 Å². The molecule has 18 heavy (non-hydrogen) atoms. The van der Waals surface area contributed by atoms with Gasteiger partial charge >= 0.3 is 0 Å². The van der Waals surface area contributed by atoms with Crippen LogP contribution in [0.3, 0.4) is 0 Å². The molecule has 0 N–H and O–H groups in total. The molecule has 0 heteroatoms. The largest absolute Gasteiger partial charge is 0.0648 e. The van der Waals surface area contributed by atoms with Crippen LogP contribution in [-0.2, 0) is 0 Å². The summed E-state index contributed by atoms with van der Waals surface area (Å²) in [7, 11) is 0. The Morgan fingerprint density at radius 1 is 0.667 bits per heavy atom. The zero-order valence-corrected chi connectivity index (χ0v) is 12.7. The first-order chi connectivity index (χ1) is 8.87. The highest BCUT2D eigenvalue weighted by Gasteiger charge is 2.36. The average molecular weight is 250 g/mol. The van der Waals surface area contributed by atoms with Gasteiger partial charge < -0.3 is 0 Å². The molecule has 2 fully saturated rings. The molecule has 106 valence electrons. The lowest BCUT2D eigenvalue weighted by atomic mass is 9.62. The fourth-order valence-corrected chi connectivity index (χ4v) is 4.73. The number of hydrogen-bond acceptors (Lipinski definition) is 0. The molecule has 0 unspecified atom stereocenters. The van der Waals surface area contributed by atoms with Crippen LogP contribution in [0.1, 0.15) is 103 Å². The van der Waals surface area contributed by atoms with Gasteiger partial charge in [-0.05, 0) is 37.0 Å². The van der Waals surface area contributed by atoms with Gasteiger partial charge in [0.2, 0.25) is 0 Å². The normalized spacial score (nSPS) is 27.8. The van der Waals surface area contributed by atoms with Gasteiger partial charge in [-0.25, -0.2) is 0 Å². The van der Waals surface area contributed by atoms with Crippen molar-refractivity contribution in [2.45, 2.75) is 103 Å². The third-order valence-electron chi connectivity index (χ3n) is 6.02. The van der Waals surface area contributed by atoms with Crippen molar-refractivity contribution in [1.82, 2.24) is 0 Å². The summed E-state index contributed by atoms with van der Waals surface area (Å²) in [5.74, 6) is 1.07. The van der Waals surface area contributed by atoms with Crippen LogP contribution in [-0.4, -0.2) is 0 Å². The molecule has 0 amide bonds. The molecule has 2 aliphatic carbocycles. The van der Waals surface area contributed by atoms with Crippen molar-refractivity contribution < 1.29 is 0 Å². The van der Waals surface area contributed by atoms with Gasteiger partial charge in [0.05, 0.1) is 0 Å². The Labute approximate surface area is 115 Å². The highest BCUT2D eigenvalue weighted by atomic mass is 14.4. The van der Waals surface area contributed by atoms with Crippen molar-refractivity contribution in [2.24, 2.45) is 11.3 Å². The van der Waals surface area contributed by atoms with Crippen molar-refractivity contribution in [3.63, 3.8) is 0 Å². The van der Waals surface area contributed by atoms with Crippen LogP contribution in [0.4, 0.5) is 0 Å². The minimum atomic E-state index is 0.748.